The van der Waals surface area contributed by atoms with Gasteiger partial charge in [-0.1, -0.05) is 18.2 Å². The summed E-state index contributed by atoms with van der Waals surface area (Å²) in [6, 6.07) is 15.1. The predicted molar refractivity (Wildman–Crippen MR) is 93.3 cm³/mol. The highest BCUT2D eigenvalue weighted by Gasteiger charge is 2.32. The van der Waals surface area contributed by atoms with Crippen molar-refractivity contribution >= 4 is 26.6 Å². The van der Waals surface area contributed by atoms with Gasteiger partial charge >= 0.3 is 0 Å². The zero-order valence-corrected chi connectivity index (χ0v) is 13.8. The molecule has 0 saturated carbocycles. The minimum atomic E-state index is -3.49. The highest BCUT2D eigenvalue weighted by Crippen LogP contribution is 2.25. The van der Waals surface area contributed by atoms with Crippen LogP contribution in [-0.2, 0) is 10.0 Å². The van der Waals surface area contributed by atoms with Crippen LogP contribution in [-0.4, -0.2) is 42.1 Å². The monoisotopic (exact) mass is 342 g/mol. The van der Waals surface area contributed by atoms with Gasteiger partial charge in [0.1, 0.15) is 0 Å². The van der Waals surface area contributed by atoms with Gasteiger partial charge in [0.2, 0.25) is 10.0 Å². The summed E-state index contributed by atoms with van der Waals surface area (Å²) in [4.78, 5) is 0.305. The molecule has 2 heterocycles. The van der Waals surface area contributed by atoms with Crippen molar-refractivity contribution in [3.63, 3.8) is 0 Å². The molecule has 0 amide bonds. The summed E-state index contributed by atoms with van der Waals surface area (Å²) in [6.07, 6.45) is 2.47. The van der Waals surface area contributed by atoms with E-state index in [9.17, 15) is 8.42 Å². The summed E-state index contributed by atoms with van der Waals surface area (Å²) < 4.78 is 27.3. The van der Waals surface area contributed by atoms with Crippen molar-refractivity contribution in [3.05, 3.63) is 54.7 Å². The number of hydrogen-bond donors (Lipinski definition) is 2. The van der Waals surface area contributed by atoms with Crippen LogP contribution in [0.4, 0.5) is 5.69 Å². The first-order valence-corrected chi connectivity index (χ1v) is 9.32. The minimum absolute atomic E-state index is 0.123. The number of hydrogen-bond acceptors (Lipinski definition) is 4. The van der Waals surface area contributed by atoms with E-state index in [0.717, 1.165) is 23.0 Å². The van der Waals surface area contributed by atoms with Crippen LogP contribution in [0.15, 0.2) is 59.6 Å². The molecule has 2 aromatic carbocycles. The number of rotatable bonds is 4. The average molecular weight is 342 g/mol. The van der Waals surface area contributed by atoms with Gasteiger partial charge in [0.25, 0.3) is 0 Å². The lowest BCUT2D eigenvalue weighted by atomic mass is 10.2. The van der Waals surface area contributed by atoms with E-state index in [4.69, 9.17) is 0 Å². The Hall–Kier alpha value is -2.38. The molecule has 1 aromatic heterocycles. The number of H-pyrrole nitrogens is 1. The number of para-hydroxylation sites is 1. The Labute approximate surface area is 140 Å². The third-order valence-corrected chi connectivity index (χ3v) is 6.21. The van der Waals surface area contributed by atoms with Crippen LogP contribution < -0.4 is 5.32 Å². The van der Waals surface area contributed by atoms with E-state index in [2.05, 4.69) is 15.5 Å². The molecule has 4 rings (SSSR count). The zero-order valence-electron chi connectivity index (χ0n) is 13.0. The Kier molecular flexibility index (Phi) is 3.74. The summed E-state index contributed by atoms with van der Waals surface area (Å²) in [7, 11) is -3.49. The normalized spacial score (nSPS) is 18.9. The van der Waals surface area contributed by atoms with Crippen molar-refractivity contribution in [2.75, 3.05) is 18.4 Å². The zero-order chi connectivity index (χ0) is 16.6. The second-order valence-corrected chi connectivity index (χ2v) is 7.92. The number of nitrogens with one attached hydrogen (secondary N) is 2. The van der Waals surface area contributed by atoms with E-state index in [1.807, 2.05) is 30.3 Å². The largest absolute Gasteiger partial charge is 0.381 e. The van der Waals surface area contributed by atoms with Gasteiger partial charge in [0.15, 0.2) is 0 Å². The first kappa shape index (κ1) is 15.2. The van der Waals surface area contributed by atoms with Gasteiger partial charge in [-0.05, 0) is 36.8 Å². The molecule has 0 spiro atoms. The van der Waals surface area contributed by atoms with Crippen LogP contribution in [0.5, 0.6) is 0 Å². The highest BCUT2D eigenvalue weighted by molar-refractivity contribution is 7.89. The van der Waals surface area contributed by atoms with Crippen LogP contribution in [0.25, 0.3) is 10.9 Å². The van der Waals surface area contributed by atoms with E-state index in [0.29, 0.717) is 18.0 Å². The molecule has 124 valence electrons. The standard InChI is InChI=1S/C17H18N4O2S/c22-24(23,16-7-6-13-11-18-20-17(13)10-16)21-9-8-15(12-21)19-14-4-2-1-3-5-14/h1-7,10-11,15,19H,8-9,12H2,(H,18,20)/t15-/m0/s1. The smallest absolute Gasteiger partial charge is 0.243 e. The average Bonchev–Trinajstić information content (AvgIpc) is 3.24. The van der Waals surface area contributed by atoms with E-state index >= 15 is 0 Å². The van der Waals surface area contributed by atoms with Gasteiger partial charge < -0.3 is 5.32 Å². The number of fused-ring (bicyclic) bond motifs is 1. The molecule has 1 atom stereocenters. The molecule has 1 fully saturated rings. The summed E-state index contributed by atoms with van der Waals surface area (Å²) in [5.41, 5.74) is 1.75. The van der Waals surface area contributed by atoms with E-state index in [1.54, 1.807) is 28.7 Å². The second-order valence-electron chi connectivity index (χ2n) is 5.98. The van der Waals surface area contributed by atoms with Gasteiger partial charge in [0.05, 0.1) is 16.6 Å². The molecule has 6 nitrogen and oxygen atoms in total. The lowest BCUT2D eigenvalue weighted by Crippen LogP contribution is -2.31. The van der Waals surface area contributed by atoms with Crippen molar-refractivity contribution in [3.8, 4) is 0 Å². The summed E-state index contributed by atoms with van der Waals surface area (Å²) in [5, 5.41) is 11.1. The van der Waals surface area contributed by atoms with Crippen LogP contribution in [0.1, 0.15) is 6.42 Å². The molecular weight excluding hydrogens is 324 g/mol. The summed E-state index contributed by atoms with van der Waals surface area (Å²) >= 11 is 0. The van der Waals surface area contributed by atoms with Gasteiger partial charge in [-0.25, -0.2) is 8.42 Å². The molecule has 0 aliphatic carbocycles. The Morgan fingerprint density at radius 1 is 1.17 bits per heavy atom. The third kappa shape index (κ3) is 2.76. The quantitative estimate of drug-likeness (QED) is 0.763. The topological polar surface area (TPSA) is 78.1 Å². The Balaban J connectivity index is 1.52. The first-order valence-electron chi connectivity index (χ1n) is 7.88. The van der Waals surface area contributed by atoms with Gasteiger partial charge in [-0.3, -0.25) is 5.10 Å². The van der Waals surface area contributed by atoms with Crippen molar-refractivity contribution in [2.24, 2.45) is 0 Å². The molecule has 1 aliphatic rings. The lowest BCUT2D eigenvalue weighted by Gasteiger charge is -2.18. The van der Waals surface area contributed by atoms with Crippen LogP contribution >= 0.6 is 0 Å². The Morgan fingerprint density at radius 2 is 2.00 bits per heavy atom. The highest BCUT2D eigenvalue weighted by atomic mass is 32.2. The molecular formula is C17H18N4O2S. The number of anilines is 1. The third-order valence-electron chi connectivity index (χ3n) is 4.35. The fourth-order valence-electron chi connectivity index (χ4n) is 3.06. The number of aromatic nitrogens is 2. The van der Waals surface area contributed by atoms with E-state index in [1.165, 1.54) is 0 Å². The Morgan fingerprint density at radius 3 is 2.83 bits per heavy atom. The van der Waals surface area contributed by atoms with Crippen molar-refractivity contribution in [1.82, 2.24) is 14.5 Å². The SMILES string of the molecule is O=S(=O)(c1ccc2cn[nH]c2c1)N1CC[C@H](Nc2ccccc2)C1. The second kappa shape index (κ2) is 5.92. The predicted octanol–water partition coefficient (Wildman–Crippen LogP) is 2.44. The van der Waals surface area contributed by atoms with Crippen LogP contribution in [0.3, 0.4) is 0 Å². The molecule has 1 aliphatic heterocycles. The van der Waals surface area contributed by atoms with Crippen LogP contribution in [0, 0.1) is 0 Å². The molecule has 3 aromatic rings. The number of benzene rings is 2. The molecule has 2 N–H and O–H groups in total. The maximum atomic E-state index is 12.9. The van der Waals surface area contributed by atoms with Crippen molar-refractivity contribution in [2.45, 2.75) is 17.4 Å². The lowest BCUT2D eigenvalue weighted by molar-refractivity contribution is 0.474. The fraction of sp³-hybridized carbons (Fsp3) is 0.235. The van der Waals surface area contributed by atoms with Gasteiger partial charge in [0, 0.05) is 30.2 Å². The molecule has 7 heteroatoms. The van der Waals surface area contributed by atoms with Crippen molar-refractivity contribution < 1.29 is 8.42 Å². The summed E-state index contributed by atoms with van der Waals surface area (Å²) in [6.45, 7) is 0.992. The molecule has 1 saturated heterocycles. The maximum Gasteiger partial charge on any atom is 0.243 e. The first-order chi connectivity index (χ1) is 11.6. The van der Waals surface area contributed by atoms with Gasteiger partial charge in [-0.2, -0.15) is 9.40 Å². The Bertz CT molecular complexity index is 953. The number of aromatic amines is 1. The molecule has 0 bridgehead atoms. The molecule has 0 radical (unpaired) electrons. The number of nitrogens with zero attached hydrogens (tertiary/aromatic N) is 2. The van der Waals surface area contributed by atoms with E-state index < -0.39 is 10.0 Å². The minimum Gasteiger partial charge on any atom is -0.381 e. The summed E-state index contributed by atoms with van der Waals surface area (Å²) in [5.74, 6) is 0. The molecule has 24 heavy (non-hydrogen) atoms. The number of sulfonamides is 1. The van der Waals surface area contributed by atoms with Crippen LogP contribution in [0.2, 0.25) is 0 Å². The fourth-order valence-corrected chi connectivity index (χ4v) is 4.59. The maximum absolute atomic E-state index is 12.9. The molecule has 0 unspecified atom stereocenters. The van der Waals surface area contributed by atoms with E-state index in [-0.39, 0.29) is 6.04 Å². The van der Waals surface area contributed by atoms with Crippen molar-refractivity contribution in [1.29, 1.82) is 0 Å². The van der Waals surface area contributed by atoms with Gasteiger partial charge in [-0.15, -0.1) is 0 Å².